The van der Waals surface area contributed by atoms with Crippen LogP contribution < -0.4 is 18.9 Å². The van der Waals surface area contributed by atoms with Gasteiger partial charge in [-0.25, -0.2) is 0 Å². The first-order valence-electron chi connectivity index (χ1n) is 10.0. The van der Waals surface area contributed by atoms with Gasteiger partial charge >= 0.3 is 0 Å². The fourth-order valence-corrected chi connectivity index (χ4v) is 3.29. The van der Waals surface area contributed by atoms with Crippen LogP contribution in [-0.4, -0.2) is 59.9 Å². The summed E-state index contributed by atoms with van der Waals surface area (Å²) in [6.07, 6.45) is 0. The number of aromatic nitrogens is 1. The van der Waals surface area contributed by atoms with Gasteiger partial charge < -0.3 is 28.4 Å². The fraction of sp³-hybridized carbons (Fsp3) is 0.375. The topological polar surface area (TPSA) is 68.3 Å². The van der Waals surface area contributed by atoms with Gasteiger partial charge in [0.2, 0.25) is 0 Å². The highest BCUT2D eigenvalue weighted by Gasteiger charge is 2.14. The Morgan fingerprint density at radius 3 is 1.81 bits per heavy atom. The minimum absolute atomic E-state index is 0.435. The number of methoxy groups -OCH3 is 4. The van der Waals surface area contributed by atoms with E-state index < -0.39 is 0 Å². The molecule has 0 aliphatic rings. The minimum Gasteiger partial charge on any atom is -0.493 e. The molecule has 0 radical (unpaired) electrons. The lowest BCUT2D eigenvalue weighted by Gasteiger charge is -2.15. The van der Waals surface area contributed by atoms with Gasteiger partial charge in [-0.05, 0) is 42.6 Å². The molecule has 0 unspecified atom stereocenters. The van der Waals surface area contributed by atoms with Crippen molar-refractivity contribution in [2.75, 3.05) is 54.9 Å². The zero-order valence-electron chi connectivity index (χ0n) is 18.7. The van der Waals surface area contributed by atoms with Gasteiger partial charge in [-0.3, -0.25) is 4.98 Å². The van der Waals surface area contributed by atoms with E-state index in [1.165, 1.54) is 0 Å². The Labute approximate surface area is 182 Å². The van der Waals surface area contributed by atoms with Crippen LogP contribution in [0.2, 0.25) is 0 Å². The molecule has 0 N–H and O–H groups in total. The maximum atomic E-state index is 5.87. The summed E-state index contributed by atoms with van der Waals surface area (Å²) >= 11 is 0. The molecule has 3 aromatic rings. The Bertz CT molecular complexity index is 992. The monoisotopic (exact) mass is 427 g/mol. The van der Waals surface area contributed by atoms with Gasteiger partial charge in [0.05, 0.1) is 33.1 Å². The number of nitrogens with zero attached hydrogens (tertiary/aromatic N) is 1. The predicted molar refractivity (Wildman–Crippen MR) is 120 cm³/mol. The highest BCUT2D eigenvalue weighted by atomic mass is 16.5. The molecule has 7 nitrogen and oxygen atoms in total. The zero-order valence-corrected chi connectivity index (χ0v) is 18.7. The molecule has 0 saturated carbocycles. The Hall–Kier alpha value is -3.03. The van der Waals surface area contributed by atoms with Gasteiger partial charge in [0.25, 0.3) is 0 Å². The minimum atomic E-state index is 0.435. The van der Waals surface area contributed by atoms with Crippen molar-refractivity contribution in [3.05, 3.63) is 42.1 Å². The molecule has 7 heteroatoms. The van der Waals surface area contributed by atoms with Crippen LogP contribution in [0.3, 0.4) is 0 Å². The molecule has 0 fully saturated rings. The number of fused-ring (bicyclic) bond motifs is 1. The zero-order chi connectivity index (χ0) is 22.2. The third-order valence-corrected chi connectivity index (χ3v) is 4.73. The first-order chi connectivity index (χ1) is 15.1. The largest absolute Gasteiger partial charge is 0.493 e. The Morgan fingerprint density at radius 1 is 0.677 bits per heavy atom. The molecule has 31 heavy (non-hydrogen) atoms. The lowest BCUT2D eigenvalue weighted by Crippen LogP contribution is -2.06. The Balaban J connectivity index is 2.12. The van der Waals surface area contributed by atoms with Gasteiger partial charge in [0.15, 0.2) is 11.5 Å². The maximum Gasteiger partial charge on any atom is 0.161 e. The van der Waals surface area contributed by atoms with Gasteiger partial charge in [-0.15, -0.1) is 0 Å². The summed E-state index contributed by atoms with van der Waals surface area (Å²) in [6.45, 7) is 3.82. The fourth-order valence-electron chi connectivity index (χ4n) is 3.29. The molecule has 2 aromatic carbocycles. The summed E-state index contributed by atoms with van der Waals surface area (Å²) in [7, 11) is 6.53. The molecule has 0 atom stereocenters. The van der Waals surface area contributed by atoms with Crippen LogP contribution in [0.1, 0.15) is 5.69 Å². The number of hydrogen-bond acceptors (Lipinski definition) is 7. The molecule has 0 aliphatic carbocycles. The van der Waals surface area contributed by atoms with Crippen molar-refractivity contribution in [3.8, 4) is 34.3 Å². The van der Waals surface area contributed by atoms with E-state index in [1.807, 2.05) is 43.3 Å². The quantitative estimate of drug-likeness (QED) is 0.423. The van der Waals surface area contributed by atoms with E-state index in [2.05, 4.69) is 0 Å². The molecule has 0 saturated heterocycles. The van der Waals surface area contributed by atoms with E-state index in [4.69, 9.17) is 33.4 Å². The van der Waals surface area contributed by atoms with Crippen LogP contribution in [0.25, 0.3) is 22.0 Å². The molecule has 1 aromatic heterocycles. The summed E-state index contributed by atoms with van der Waals surface area (Å²) in [5.41, 5.74) is 2.58. The number of rotatable bonds is 11. The molecule has 0 bridgehead atoms. The average Bonchev–Trinajstić information content (AvgIpc) is 2.77. The smallest absolute Gasteiger partial charge is 0.161 e. The molecular formula is C24H29NO6. The van der Waals surface area contributed by atoms with E-state index in [-0.39, 0.29) is 0 Å². The van der Waals surface area contributed by atoms with Crippen LogP contribution in [-0.2, 0) is 9.47 Å². The van der Waals surface area contributed by atoms with Gasteiger partial charge in [0, 0.05) is 36.9 Å². The van der Waals surface area contributed by atoms with E-state index in [9.17, 15) is 0 Å². The number of benzene rings is 2. The molecule has 0 spiro atoms. The van der Waals surface area contributed by atoms with Crippen molar-refractivity contribution >= 4 is 10.8 Å². The van der Waals surface area contributed by atoms with Crippen LogP contribution >= 0.6 is 0 Å². The van der Waals surface area contributed by atoms with Crippen molar-refractivity contribution in [2.24, 2.45) is 0 Å². The van der Waals surface area contributed by atoms with Crippen LogP contribution in [0, 0.1) is 6.92 Å². The summed E-state index contributed by atoms with van der Waals surface area (Å²) < 4.78 is 32.9. The van der Waals surface area contributed by atoms with Crippen molar-refractivity contribution in [1.82, 2.24) is 4.98 Å². The Morgan fingerprint density at radius 2 is 1.26 bits per heavy atom. The molecule has 0 aliphatic heterocycles. The van der Waals surface area contributed by atoms with E-state index in [0.29, 0.717) is 49.4 Å². The lowest BCUT2D eigenvalue weighted by molar-refractivity contribution is 0.142. The molecule has 0 amide bonds. The maximum absolute atomic E-state index is 5.87. The summed E-state index contributed by atoms with van der Waals surface area (Å²) in [6, 6.07) is 11.7. The first-order valence-corrected chi connectivity index (χ1v) is 10.0. The van der Waals surface area contributed by atoms with Crippen molar-refractivity contribution < 1.29 is 28.4 Å². The number of ether oxygens (including phenoxy) is 6. The molecule has 3 rings (SSSR count). The highest BCUT2D eigenvalue weighted by Crippen LogP contribution is 2.38. The second-order valence-corrected chi connectivity index (χ2v) is 6.92. The predicted octanol–water partition coefficient (Wildman–Crippen LogP) is 4.28. The second kappa shape index (κ2) is 10.8. The second-order valence-electron chi connectivity index (χ2n) is 6.92. The standard InChI is InChI=1S/C24H29NO6/c1-16-10-17-13-22(28-4)23(29-5)15-21(17)24(25-16)18-11-19(30-8-6-26-2)14-20(12-18)31-9-7-27-3/h10-15H,6-9H2,1-5H3. The molecule has 1 heterocycles. The summed E-state index contributed by atoms with van der Waals surface area (Å²) in [5.74, 6) is 2.68. The molecule has 166 valence electrons. The van der Waals surface area contributed by atoms with Crippen molar-refractivity contribution in [3.63, 3.8) is 0 Å². The molecular weight excluding hydrogens is 398 g/mol. The van der Waals surface area contributed by atoms with E-state index in [0.717, 1.165) is 27.7 Å². The normalized spacial score (nSPS) is 10.9. The van der Waals surface area contributed by atoms with Crippen molar-refractivity contribution in [2.45, 2.75) is 6.92 Å². The first kappa shape index (κ1) is 22.7. The summed E-state index contributed by atoms with van der Waals surface area (Å²) in [5, 5.41) is 1.95. The summed E-state index contributed by atoms with van der Waals surface area (Å²) in [4.78, 5) is 4.82. The van der Waals surface area contributed by atoms with Gasteiger partial charge in [-0.1, -0.05) is 0 Å². The average molecular weight is 427 g/mol. The third kappa shape index (κ3) is 5.57. The van der Waals surface area contributed by atoms with Gasteiger partial charge in [0.1, 0.15) is 24.7 Å². The van der Waals surface area contributed by atoms with Gasteiger partial charge in [-0.2, -0.15) is 0 Å². The van der Waals surface area contributed by atoms with Crippen molar-refractivity contribution in [1.29, 1.82) is 0 Å². The number of aryl methyl sites for hydroxylation is 1. The third-order valence-electron chi connectivity index (χ3n) is 4.73. The van der Waals surface area contributed by atoms with Crippen LogP contribution in [0.15, 0.2) is 36.4 Å². The highest BCUT2D eigenvalue weighted by molar-refractivity contribution is 5.97. The Kier molecular flexibility index (Phi) is 7.92. The van der Waals surface area contributed by atoms with Crippen LogP contribution in [0.4, 0.5) is 0 Å². The number of pyridine rings is 1. The van der Waals surface area contributed by atoms with E-state index in [1.54, 1.807) is 28.4 Å². The SMILES string of the molecule is COCCOc1cc(OCCOC)cc(-c2nc(C)cc3cc(OC)c(OC)cc23)c1. The van der Waals surface area contributed by atoms with Crippen LogP contribution in [0.5, 0.6) is 23.0 Å². The van der Waals surface area contributed by atoms with E-state index >= 15 is 0 Å². The number of hydrogen-bond donors (Lipinski definition) is 0. The lowest BCUT2D eigenvalue weighted by atomic mass is 10.0.